The van der Waals surface area contributed by atoms with Crippen LogP contribution >= 0.6 is 15.9 Å². The number of benzene rings is 3. The molecule has 3 fully saturated rings. The van der Waals surface area contributed by atoms with Gasteiger partial charge >= 0.3 is 0 Å². The summed E-state index contributed by atoms with van der Waals surface area (Å²) in [7, 11) is 0. The second-order valence-corrected chi connectivity index (χ2v) is 12.3. The molecule has 3 aromatic carbocycles. The fourth-order valence-electron chi connectivity index (χ4n) is 4.38. The van der Waals surface area contributed by atoms with Crippen LogP contribution in [0.2, 0.25) is 0 Å². The molecule has 3 amide bonds. The fourth-order valence-corrected chi connectivity index (χ4v) is 4.63. The lowest BCUT2D eigenvalue weighted by Crippen LogP contribution is -2.25. The molecule has 9 heteroatoms. The molecule has 3 aliphatic rings. The van der Waals surface area contributed by atoms with E-state index in [2.05, 4.69) is 31.9 Å². The van der Waals surface area contributed by atoms with Crippen molar-refractivity contribution >= 4 is 33.7 Å². The van der Waals surface area contributed by atoms with E-state index in [0.29, 0.717) is 57.2 Å². The van der Waals surface area contributed by atoms with E-state index >= 15 is 0 Å². The monoisotopic (exact) mass is 637 g/mol. The van der Waals surface area contributed by atoms with E-state index in [-0.39, 0.29) is 23.8 Å². The second-order valence-electron chi connectivity index (χ2n) is 11.4. The summed E-state index contributed by atoms with van der Waals surface area (Å²) >= 11 is 3.04. The molecule has 3 N–H and O–H groups in total. The van der Waals surface area contributed by atoms with Crippen molar-refractivity contribution in [2.75, 3.05) is 13.1 Å². The van der Waals surface area contributed by atoms with Crippen LogP contribution < -0.4 is 16.0 Å². The Morgan fingerprint density at radius 3 is 1.74 bits per heavy atom. The topological polar surface area (TPSA) is 87.3 Å². The van der Waals surface area contributed by atoms with Crippen molar-refractivity contribution in [2.45, 2.75) is 51.5 Å². The lowest BCUT2D eigenvalue weighted by atomic mass is 9.96. The molecule has 0 spiro atoms. The molecule has 3 aromatic rings. The molecular formula is C33H34BrF2N3O3. The number of carbonyl (C=O) groups excluding carboxylic acids is 3. The van der Waals surface area contributed by atoms with E-state index in [1.165, 1.54) is 25.0 Å². The molecule has 0 heterocycles. The smallest absolute Gasteiger partial charge is 0.251 e. The van der Waals surface area contributed by atoms with Crippen LogP contribution in [0.5, 0.6) is 0 Å². The third kappa shape index (κ3) is 8.25. The molecule has 220 valence electrons. The Balaban J connectivity index is 0.000000199. The Kier molecular flexibility index (Phi) is 9.36. The Bertz CT molecular complexity index is 1500. The van der Waals surface area contributed by atoms with Gasteiger partial charge in [0.05, 0.1) is 4.47 Å². The van der Waals surface area contributed by atoms with Crippen molar-refractivity contribution in [2.24, 2.45) is 11.8 Å². The van der Waals surface area contributed by atoms with Crippen molar-refractivity contribution in [3.63, 3.8) is 0 Å². The Morgan fingerprint density at radius 2 is 1.21 bits per heavy atom. The number of nitrogens with one attached hydrogen (secondary N) is 3. The van der Waals surface area contributed by atoms with Gasteiger partial charge in [0.15, 0.2) is 0 Å². The number of amides is 3. The van der Waals surface area contributed by atoms with Gasteiger partial charge in [-0.15, -0.1) is 0 Å². The minimum atomic E-state index is -0.461. The summed E-state index contributed by atoms with van der Waals surface area (Å²) in [6.45, 7) is 3.24. The van der Waals surface area contributed by atoms with Gasteiger partial charge in [0.2, 0.25) is 0 Å². The van der Waals surface area contributed by atoms with Crippen molar-refractivity contribution in [1.29, 1.82) is 0 Å². The van der Waals surface area contributed by atoms with Crippen molar-refractivity contribution < 1.29 is 23.2 Å². The van der Waals surface area contributed by atoms with Crippen LogP contribution in [0.4, 0.5) is 8.78 Å². The number of carbonyl (C=O) groups is 3. The van der Waals surface area contributed by atoms with Crippen LogP contribution in [0.15, 0.2) is 59.1 Å². The summed E-state index contributed by atoms with van der Waals surface area (Å²) in [5.41, 5.74) is 3.15. The first-order valence-corrected chi connectivity index (χ1v) is 15.2. The van der Waals surface area contributed by atoms with Crippen LogP contribution in [0.25, 0.3) is 11.1 Å². The van der Waals surface area contributed by atoms with E-state index in [0.717, 1.165) is 31.2 Å². The molecule has 0 bridgehead atoms. The van der Waals surface area contributed by atoms with Gasteiger partial charge in [-0.2, -0.15) is 0 Å². The summed E-state index contributed by atoms with van der Waals surface area (Å²) < 4.78 is 28.3. The summed E-state index contributed by atoms with van der Waals surface area (Å²) in [5, 5.41) is 8.58. The van der Waals surface area contributed by atoms with Crippen molar-refractivity contribution in [3.8, 4) is 11.1 Å². The molecular weight excluding hydrogens is 604 g/mol. The lowest BCUT2D eigenvalue weighted by molar-refractivity contribution is 0.0943. The minimum absolute atomic E-state index is 0.129. The number of hydrogen-bond donors (Lipinski definition) is 3. The average molecular weight is 639 g/mol. The quantitative estimate of drug-likeness (QED) is 0.248. The van der Waals surface area contributed by atoms with Crippen LogP contribution in [0.1, 0.15) is 75.2 Å². The van der Waals surface area contributed by atoms with Gasteiger partial charge < -0.3 is 16.0 Å². The molecule has 0 radical (unpaired) electrons. The summed E-state index contributed by atoms with van der Waals surface area (Å²) in [4.78, 5) is 36.0. The summed E-state index contributed by atoms with van der Waals surface area (Å²) in [6.07, 6.45) is 6.71. The second kappa shape index (κ2) is 13.2. The number of aryl methyl sites for hydroxylation is 1. The van der Waals surface area contributed by atoms with Gasteiger partial charge in [0.25, 0.3) is 17.7 Å². The van der Waals surface area contributed by atoms with Crippen LogP contribution in [-0.2, 0) is 0 Å². The minimum Gasteiger partial charge on any atom is -0.352 e. The number of hydrogen-bond acceptors (Lipinski definition) is 3. The predicted octanol–water partition coefficient (Wildman–Crippen LogP) is 6.56. The molecule has 6 rings (SSSR count). The van der Waals surface area contributed by atoms with Crippen LogP contribution in [-0.4, -0.2) is 36.9 Å². The van der Waals surface area contributed by atoms with Gasteiger partial charge in [-0.1, -0.05) is 12.1 Å². The molecule has 0 aliphatic heterocycles. The Hall–Kier alpha value is -3.59. The summed E-state index contributed by atoms with van der Waals surface area (Å²) in [5.74, 6) is -0.240. The van der Waals surface area contributed by atoms with E-state index < -0.39 is 11.6 Å². The Labute approximate surface area is 252 Å². The highest BCUT2D eigenvalue weighted by atomic mass is 79.9. The van der Waals surface area contributed by atoms with E-state index in [1.807, 2.05) is 13.0 Å². The molecule has 3 aliphatic carbocycles. The first-order chi connectivity index (χ1) is 20.2. The van der Waals surface area contributed by atoms with E-state index in [4.69, 9.17) is 0 Å². The van der Waals surface area contributed by atoms with Crippen LogP contribution in [0.3, 0.4) is 0 Å². The van der Waals surface area contributed by atoms with E-state index in [9.17, 15) is 23.2 Å². The van der Waals surface area contributed by atoms with Crippen molar-refractivity contribution in [1.82, 2.24) is 16.0 Å². The molecule has 0 unspecified atom stereocenters. The van der Waals surface area contributed by atoms with Crippen molar-refractivity contribution in [3.05, 3.63) is 93.0 Å². The highest BCUT2D eigenvalue weighted by molar-refractivity contribution is 9.10. The maximum Gasteiger partial charge on any atom is 0.251 e. The molecule has 0 atom stereocenters. The molecule has 42 heavy (non-hydrogen) atoms. The Morgan fingerprint density at radius 1 is 0.690 bits per heavy atom. The SMILES string of the molecule is Cc1ccc(C(=O)NC2CC2)cc1-c1ccc(C(=O)NCC2CC2)cc1F.O=C(NCC1CC1)c1ccc(Br)c(F)c1. The lowest BCUT2D eigenvalue weighted by Gasteiger charge is -2.12. The van der Waals surface area contributed by atoms with Gasteiger partial charge in [-0.05, 0) is 127 Å². The molecule has 6 nitrogen and oxygen atoms in total. The standard InChI is InChI=1S/C22H23FN2O2.C11H11BrFNO/c1-13-2-5-15(22(27)25-17-7-8-17)10-19(13)18-9-6-16(11-20(18)23)21(26)24-12-14-3-4-14;12-9-4-3-8(5-10(9)13)11(15)14-6-7-1-2-7/h2,5-6,9-11,14,17H,3-4,7-8,12H2,1H3,(H,24,26)(H,25,27);3-5,7H,1-2,6H2,(H,14,15). The molecule has 3 saturated carbocycles. The fraction of sp³-hybridized carbons (Fsp3) is 0.364. The first-order valence-electron chi connectivity index (χ1n) is 14.4. The zero-order valence-corrected chi connectivity index (χ0v) is 25.0. The zero-order chi connectivity index (χ0) is 29.8. The molecule has 0 aromatic heterocycles. The van der Waals surface area contributed by atoms with Gasteiger partial charge in [0.1, 0.15) is 11.6 Å². The highest BCUT2D eigenvalue weighted by Crippen LogP contribution is 2.30. The average Bonchev–Trinajstić information content (AvgIpc) is 3.81. The molecule has 0 saturated heterocycles. The maximum absolute atomic E-state index is 14.8. The van der Waals surface area contributed by atoms with E-state index in [1.54, 1.807) is 36.4 Å². The third-order valence-corrected chi connectivity index (χ3v) is 8.26. The summed E-state index contributed by atoms with van der Waals surface area (Å²) in [6, 6.07) is 14.5. The van der Waals surface area contributed by atoms with Gasteiger partial charge in [0, 0.05) is 41.4 Å². The highest BCUT2D eigenvalue weighted by Gasteiger charge is 2.25. The largest absolute Gasteiger partial charge is 0.352 e. The number of halogens is 3. The van der Waals surface area contributed by atoms with Gasteiger partial charge in [-0.25, -0.2) is 8.78 Å². The first kappa shape index (κ1) is 29.9. The maximum atomic E-state index is 14.8. The van der Waals surface area contributed by atoms with Crippen LogP contribution in [0, 0.1) is 30.4 Å². The van der Waals surface area contributed by atoms with Gasteiger partial charge in [-0.3, -0.25) is 14.4 Å². The third-order valence-electron chi connectivity index (χ3n) is 7.61. The zero-order valence-electron chi connectivity index (χ0n) is 23.4. The number of rotatable bonds is 9. The predicted molar refractivity (Wildman–Crippen MR) is 161 cm³/mol. The normalized spacial score (nSPS) is 15.7.